The Kier molecular flexibility index (Phi) is 2.46. The molecule has 0 spiro atoms. The molecule has 0 saturated carbocycles. The number of rotatable bonds is 1. The monoisotopic (exact) mass is 88.1 g/mol. The van der Waals surface area contributed by atoms with Gasteiger partial charge in [0, 0.05) is 6.92 Å². The molecule has 0 aliphatic rings. The lowest BCUT2D eigenvalue weighted by molar-refractivity contribution is -0.757. The lowest BCUT2D eigenvalue weighted by atomic mass is 10.9. The van der Waals surface area contributed by atoms with Gasteiger partial charge in [0.1, 0.15) is 7.11 Å². The summed E-state index contributed by atoms with van der Waals surface area (Å²) in [6.45, 7) is 1.91. The van der Waals surface area contributed by atoms with Gasteiger partial charge in [-0.1, -0.05) is 0 Å². The number of nitrogens with zero attached hydrogens (tertiary/aromatic N) is 1. The van der Waals surface area contributed by atoms with Crippen molar-refractivity contribution in [3.05, 3.63) is 0 Å². The highest BCUT2D eigenvalue weighted by molar-refractivity contribution is 5.46. The zero-order chi connectivity index (χ0) is 4.99. The van der Waals surface area contributed by atoms with Crippen molar-refractivity contribution in [1.29, 1.82) is 0 Å². The van der Waals surface area contributed by atoms with Crippen LogP contribution < -0.4 is 0 Å². The number of hydrogen-bond donors (Lipinski definition) is 0. The van der Waals surface area contributed by atoms with Gasteiger partial charge < -0.3 is 0 Å². The van der Waals surface area contributed by atoms with Crippen molar-refractivity contribution < 1.29 is 9.58 Å². The first-order valence-electron chi connectivity index (χ1n) is 1.87. The van der Waals surface area contributed by atoms with E-state index in [0.717, 1.165) is 0 Å². The predicted molar refractivity (Wildman–Crippen MR) is 24.9 cm³/mol. The molecule has 0 unspecified atom stereocenters. The summed E-state index contributed by atoms with van der Waals surface area (Å²) in [4.78, 5) is 4.68. The molecule has 0 amide bonds. The largest absolute Gasteiger partial charge is 0.281 e. The van der Waals surface area contributed by atoms with Gasteiger partial charge in [0.05, 0.1) is 0 Å². The quantitative estimate of drug-likeness (QED) is 0.255. The topological polar surface area (TPSA) is 12.2 Å². The molecular weight excluding hydrogens is 78.0 g/mol. The van der Waals surface area contributed by atoms with Crippen LogP contribution in [0.4, 0.5) is 0 Å². The third-order valence-corrected chi connectivity index (χ3v) is 0.652. The first-order valence-corrected chi connectivity index (χ1v) is 1.87. The summed E-state index contributed by atoms with van der Waals surface area (Å²) < 4.78 is 1.62. The van der Waals surface area contributed by atoms with Crippen LogP contribution in [0.2, 0.25) is 0 Å². The van der Waals surface area contributed by atoms with Crippen molar-refractivity contribution in [2.45, 2.75) is 6.92 Å². The van der Waals surface area contributed by atoms with Crippen LogP contribution in [0.5, 0.6) is 0 Å². The van der Waals surface area contributed by atoms with Crippen LogP contribution in [0.15, 0.2) is 0 Å². The van der Waals surface area contributed by atoms with Crippen molar-refractivity contribution in [3.63, 3.8) is 0 Å². The van der Waals surface area contributed by atoms with E-state index in [1.807, 2.05) is 20.2 Å². The molecule has 0 aromatic rings. The fraction of sp³-hybridized carbons (Fsp3) is 0.750. The zero-order valence-corrected chi connectivity index (χ0v) is 4.43. The molecule has 0 fully saturated rings. The normalized spacial score (nSPS) is 11.5. The summed E-state index contributed by atoms with van der Waals surface area (Å²) in [5, 5.41) is 0. The summed E-state index contributed by atoms with van der Waals surface area (Å²) in [6.07, 6.45) is 1.83. The van der Waals surface area contributed by atoms with Crippen LogP contribution in [0.1, 0.15) is 6.92 Å². The fourth-order valence-corrected chi connectivity index (χ4v) is 0.105. The van der Waals surface area contributed by atoms with Crippen molar-refractivity contribution in [3.8, 4) is 0 Å². The Morgan fingerprint density at radius 1 is 1.67 bits per heavy atom. The highest BCUT2D eigenvalue weighted by Gasteiger charge is 1.78. The zero-order valence-electron chi connectivity index (χ0n) is 4.43. The van der Waals surface area contributed by atoms with E-state index in [2.05, 4.69) is 4.84 Å². The third kappa shape index (κ3) is 1.76. The lowest BCUT2D eigenvalue weighted by Crippen LogP contribution is -2.01. The van der Waals surface area contributed by atoms with E-state index in [1.165, 1.54) is 0 Å². The molecule has 2 nitrogen and oxygen atoms in total. The molecule has 0 rings (SSSR count). The van der Waals surface area contributed by atoms with Gasteiger partial charge >= 0.3 is 0 Å². The molecule has 0 N–H and O–H groups in total. The number of hydroxylamine groups is 1. The van der Waals surface area contributed by atoms with E-state index < -0.39 is 0 Å². The second-order valence-corrected chi connectivity index (χ2v) is 0.987. The Hall–Kier alpha value is -0.530. The van der Waals surface area contributed by atoms with Gasteiger partial charge in [-0.25, -0.2) is 0 Å². The maximum Gasteiger partial charge on any atom is 0.189 e. The average molecular weight is 88.1 g/mol. The van der Waals surface area contributed by atoms with E-state index in [4.69, 9.17) is 0 Å². The fourth-order valence-electron chi connectivity index (χ4n) is 0.105. The first-order chi connectivity index (χ1) is 2.81. The molecule has 0 aromatic heterocycles. The maximum atomic E-state index is 4.68. The Morgan fingerprint density at radius 3 is 2.17 bits per heavy atom. The summed E-state index contributed by atoms with van der Waals surface area (Å²) >= 11 is 0. The van der Waals surface area contributed by atoms with E-state index in [0.29, 0.717) is 0 Å². The number of hydrogen-bond acceptors (Lipinski definition) is 1. The molecular formula is C4H10NO+. The second kappa shape index (κ2) is 2.69. The molecule has 0 radical (unpaired) electrons. The highest BCUT2D eigenvalue weighted by Crippen LogP contribution is 1.58. The SMILES string of the molecule is C/C=[N+](\C)OC. The lowest BCUT2D eigenvalue weighted by Gasteiger charge is -1.83. The van der Waals surface area contributed by atoms with Crippen LogP contribution in [-0.4, -0.2) is 25.1 Å². The Bertz CT molecular complexity index is 58.6. The molecule has 0 aromatic carbocycles. The third-order valence-electron chi connectivity index (χ3n) is 0.652. The van der Waals surface area contributed by atoms with Crippen molar-refractivity contribution in [2.75, 3.05) is 14.2 Å². The highest BCUT2D eigenvalue weighted by atomic mass is 16.6. The van der Waals surface area contributed by atoms with Gasteiger partial charge in [-0.05, 0) is 4.74 Å². The predicted octanol–water partition coefficient (Wildman–Crippen LogP) is 0.281. The molecule has 2 heteroatoms. The molecule has 0 aliphatic heterocycles. The van der Waals surface area contributed by atoms with Gasteiger partial charge in [-0.3, -0.25) is 4.84 Å². The molecule has 36 valence electrons. The molecule has 0 heterocycles. The minimum Gasteiger partial charge on any atom is -0.281 e. The standard InChI is InChI=1S/C4H10NO/c1-4-5(2)6-3/h4H,1-3H3/q+1/b5-4+. The van der Waals surface area contributed by atoms with Crippen molar-refractivity contribution in [2.24, 2.45) is 0 Å². The van der Waals surface area contributed by atoms with Gasteiger partial charge in [0.15, 0.2) is 13.3 Å². The Morgan fingerprint density at radius 2 is 2.17 bits per heavy atom. The minimum absolute atomic E-state index is 1.62. The molecule has 0 saturated heterocycles. The van der Waals surface area contributed by atoms with E-state index in [-0.39, 0.29) is 0 Å². The van der Waals surface area contributed by atoms with Gasteiger partial charge in [0.25, 0.3) is 0 Å². The van der Waals surface area contributed by atoms with Crippen molar-refractivity contribution >= 4 is 6.21 Å². The molecule has 0 atom stereocenters. The van der Waals surface area contributed by atoms with Gasteiger partial charge in [0.2, 0.25) is 0 Å². The summed E-state index contributed by atoms with van der Waals surface area (Å²) in [7, 11) is 3.46. The van der Waals surface area contributed by atoms with Gasteiger partial charge in [-0.15, -0.1) is 0 Å². The van der Waals surface area contributed by atoms with Crippen LogP contribution in [0.3, 0.4) is 0 Å². The van der Waals surface area contributed by atoms with Crippen LogP contribution >= 0.6 is 0 Å². The maximum absolute atomic E-state index is 4.68. The van der Waals surface area contributed by atoms with Gasteiger partial charge in [-0.2, -0.15) is 0 Å². The van der Waals surface area contributed by atoms with Crippen LogP contribution in [-0.2, 0) is 4.84 Å². The average Bonchev–Trinajstić information content (AvgIpc) is 1.65. The van der Waals surface area contributed by atoms with E-state index in [1.54, 1.807) is 11.8 Å². The Balaban J connectivity index is 3.22. The van der Waals surface area contributed by atoms with Crippen LogP contribution in [0, 0.1) is 0 Å². The smallest absolute Gasteiger partial charge is 0.189 e. The summed E-state index contributed by atoms with van der Waals surface area (Å²) in [5.74, 6) is 0. The minimum atomic E-state index is 1.62. The summed E-state index contributed by atoms with van der Waals surface area (Å²) in [6, 6.07) is 0. The first kappa shape index (κ1) is 5.47. The molecule has 0 aliphatic carbocycles. The molecule has 0 bridgehead atoms. The Labute approximate surface area is 38.0 Å². The molecule has 6 heavy (non-hydrogen) atoms. The second-order valence-electron chi connectivity index (χ2n) is 0.987. The summed E-state index contributed by atoms with van der Waals surface area (Å²) in [5.41, 5.74) is 0. The van der Waals surface area contributed by atoms with E-state index in [9.17, 15) is 0 Å². The van der Waals surface area contributed by atoms with E-state index >= 15 is 0 Å². The van der Waals surface area contributed by atoms with Crippen LogP contribution in [0.25, 0.3) is 0 Å². The van der Waals surface area contributed by atoms with Crippen molar-refractivity contribution in [1.82, 2.24) is 0 Å².